The van der Waals surface area contributed by atoms with Gasteiger partial charge in [0.25, 0.3) is 0 Å². The van der Waals surface area contributed by atoms with Gasteiger partial charge < -0.3 is 5.32 Å². The first-order chi connectivity index (χ1) is 8.60. The standard InChI is InChI=1S/C15H21N3/c1-11-5-6-12(2)14(7-11)15(16-3)8-13-9-17-18(4)10-13/h5-7,9-10,15-16H,8H2,1-4H3. The van der Waals surface area contributed by atoms with E-state index in [0.29, 0.717) is 6.04 Å². The molecule has 0 aliphatic rings. The summed E-state index contributed by atoms with van der Waals surface area (Å²) in [5, 5.41) is 7.63. The molecule has 0 aliphatic heterocycles. The van der Waals surface area contributed by atoms with Crippen molar-refractivity contribution in [3.05, 3.63) is 52.8 Å². The second-order valence-corrected chi connectivity index (χ2v) is 4.93. The molecule has 1 N–H and O–H groups in total. The molecule has 0 bridgehead atoms. The van der Waals surface area contributed by atoms with Crippen LogP contribution in [0.3, 0.4) is 0 Å². The minimum absolute atomic E-state index is 0.342. The Hall–Kier alpha value is -1.61. The number of nitrogens with zero attached hydrogens (tertiary/aromatic N) is 2. The Morgan fingerprint density at radius 3 is 2.72 bits per heavy atom. The lowest BCUT2D eigenvalue weighted by molar-refractivity contribution is 0.588. The zero-order valence-electron chi connectivity index (χ0n) is 11.6. The molecule has 18 heavy (non-hydrogen) atoms. The van der Waals surface area contributed by atoms with E-state index in [-0.39, 0.29) is 0 Å². The van der Waals surface area contributed by atoms with Gasteiger partial charge in [0.05, 0.1) is 6.20 Å². The Kier molecular flexibility index (Phi) is 3.82. The third-order valence-electron chi connectivity index (χ3n) is 3.36. The maximum Gasteiger partial charge on any atom is 0.0522 e. The lowest BCUT2D eigenvalue weighted by Crippen LogP contribution is -2.19. The fraction of sp³-hybridized carbons (Fsp3) is 0.400. The predicted octanol–water partition coefficient (Wildman–Crippen LogP) is 2.54. The molecule has 0 aliphatic carbocycles. The van der Waals surface area contributed by atoms with E-state index in [9.17, 15) is 0 Å². The van der Waals surface area contributed by atoms with Crippen molar-refractivity contribution < 1.29 is 0 Å². The van der Waals surface area contributed by atoms with Crippen LogP contribution in [0.15, 0.2) is 30.6 Å². The van der Waals surface area contributed by atoms with Crippen LogP contribution in [0, 0.1) is 13.8 Å². The highest BCUT2D eigenvalue weighted by Gasteiger charge is 2.13. The van der Waals surface area contributed by atoms with E-state index in [1.165, 1.54) is 22.3 Å². The van der Waals surface area contributed by atoms with Crippen molar-refractivity contribution in [3.8, 4) is 0 Å². The summed E-state index contributed by atoms with van der Waals surface area (Å²) < 4.78 is 1.85. The molecule has 1 unspecified atom stereocenters. The number of aryl methyl sites for hydroxylation is 3. The van der Waals surface area contributed by atoms with Crippen molar-refractivity contribution in [2.45, 2.75) is 26.3 Å². The molecule has 2 aromatic rings. The Bertz CT molecular complexity index is 528. The van der Waals surface area contributed by atoms with E-state index < -0.39 is 0 Å². The van der Waals surface area contributed by atoms with Gasteiger partial charge in [-0.05, 0) is 44.0 Å². The zero-order chi connectivity index (χ0) is 13.1. The van der Waals surface area contributed by atoms with Gasteiger partial charge in [-0.15, -0.1) is 0 Å². The number of hydrogen-bond donors (Lipinski definition) is 1. The minimum atomic E-state index is 0.342. The highest BCUT2D eigenvalue weighted by Crippen LogP contribution is 2.22. The van der Waals surface area contributed by atoms with Crippen molar-refractivity contribution in [2.75, 3.05) is 7.05 Å². The molecule has 3 heteroatoms. The van der Waals surface area contributed by atoms with Crippen LogP contribution in [0.25, 0.3) is 0 Å². The van der Waals surface area contributed by atoms with Gasteiger partial charge >= 0.3 is 0 Å². The normalized spacial score (nSPS) is 12.7. The fourth-order valence-electron chi connectivity index (χ4n) is 2.32. The molecule has 0 amide bonds. The third-order valence-corrected chi connectivity index (χ3v) is 3.36. The van der Waals surface area contributed by atoms with Crippen molar-refractivity contribution in [1.29, 1.82) is 0 Å². The predicted molar refractivity (Wildman–Crippen MR) is 74.6 cm³/mol. The van der Waals surface area contributed by atoms with Crippen LogP contribution in [0.5, 0.6) is 0 Å². The highest BCUT2D eigenvalue weighted by molar-refractivity contribution is 5.34. The van der Waals surface area contributed by atoms with Crippen molar-refractivity contribution >= 4 is 0 Å². The average molecular weight is 243 g/mol. The molecule has 96 valence electrons. The van der Waals surface area contributed by atoms with Crippen molar-refractivity contribution in [1.82, 2.24) is 15.1 Å². The first-order valence-corrected chi connectivity index (χ1v) is 6.32. The summed E-state index contributed by atoms with van der Waals surface area (Å²) in [7, 11) is 3.97. The van der Waals surface area contributed by atoms with E-state index in [1.807, 2.05) is 25.0 Å². The Balaban J connectivity index is 2.25. The topological polar surface area (TPSA) is 29.9 Å². The van der Waals surface area contributed by atoms with Crippen LogP contribution in [0.4, 0.5) is 0 Å². The first kappa shape index (κ1) is 12.8. The minimum Gasteiger partial charge on any atom is -0.313 e. The van der Waals surface area contributed by atoms with E-state index in [4.69, 9.17) is 0 Å². The summed E-state index contributed by atoms with van der Waals surface area (Å²) >= 11 is 0. The smallest absolute Gasteiger partial charge is 0.0522 e. The summed E-state index contributed by atoms with van der Waals surface area (Å²) in [4.78, 5) is 0. The lowest BCUT2D eigenvalue weighted by Gasteiger charge is -2.19. The van der Waals surface area contributed by atoms with Crippen LogP contribution < -0.4 is 5.32 Å². The van der Waals surface area contributed by atoms with Crippen LogP contribution in [0.2, 0.25) is 0 Å². The van der Waals surface area contributed by atoms with Gasteiger partial charge in [0, 0.05) is 19.3 Å². The Labute approximate surface area is 109 Å². The maximum atomic E-state index is 4.23. The average Bonchev–Trinajstić information content (AvgIpc) is 2.75. The molecule has 1 heterocycles. The molecular formula is C15H21N3. The second-order valence-electron chi connectivity index (χ2n) is 4.93. The Morgan fingerprint density at radius 2 is 2.11 bits per heavy atom. The number of hydrogen-bond acceptors (Lipinski definition) is 2. The highest BCUT2D eigenvalue weighted by atomic mass is 15.2. The second kappa shape index (κ2) is 5.36. The number of likely N-dealkylation sites (N-methyl/N-ethyl adjacent to an activating group) is 1. The van der Waals surface area contributed by atoms with Gasteiger partial charge in [0.2, 0.25) is 0 Å². The van der Waals surface area contributed by atoms with E-state index in [2.05, 4.69) is 48.7 Å². The Morgan fingerprint density at radius 1 is 1.33 bits per heavy atom. The quantitative estimate of drug-likeness (QED) is 0.894. The van der Waals surface area contributed by atoms with Crippen molar-refractivity contribution in [3.63, 3.8) is 0 Å². The summed E-state index contributed by atoms with van der Waals surface area (Å²) in [6.45, 7) is 4.31. The SMILES string of the molecule is CNC(Cc1cnn(C)c1)c1cc(C)ccc1C. The molecule has 0 fully saturated rings. The molecule has 1 aromatic heterocycles. The summed E-state index contributed by atoms with van der Waals surface area (Å²) in [6.07, 6.45) is 4.99. The zero-order valence-corrected chi connectivity index (χ0v) is 11.6. The number of nitrogens with one attached hydrogen (secondary N) is 1. The van der Waals surface area contributed by atoms with Gasteiger partial charge in [-0.25, -0.2) is 0 Å². The molecule has 3 nitrogen and oxygen atoms in total. The molecule has 1 aromatic carbocycles. The molecule has 0 saturated carbocycles. The molecular weight excluding hydrogens is 222 g/mol. The van der Waals surface area contributed by atoms with Gasteiger partial charge in [-0.1, -0.05) is 23.8 Å². The lowest BCUT2D eigenvalue weighted by atomic mass is 9.95. The van der Waals surface area contributed by atoms with Crippen molar-refractivity contribution in [2.24, 2.45) is 7.05 Å². The molecule has 2 rings (SSSR count). The molecule has 1 atom stereocenters. The maximum absolute atomic E-state index is 4.23. The monoisotopic (exact) mass is 243 g/mol. The van der Waals surface area contributed by atoms with E-state index >= 15 is 0 Å². The summed E-state index contributed by atoms with van der Waals surface area (Å²) in [5.74, 6) is 0. The summed E-state index contributed by atoms with van der Waals surface area (Å²) in [6, 6.07) is 6.97. The third kappa shape index (κ3) is 2.79. The largest absolute Gasteiger partial charge is 0.313 e. The molecule has 0 spiro atoms. The summed E-state index contributed by atoms with van der Waals surface area (Å²) in [5.41, 5.74) is 5.28. The van der Waals surface area contributed by atoms with Gasteiger partial charge in [-0.2, -0.15) is 5.10 Å². The van der Waals surface area contributed by atoms with Crippen LogP contribution in [0.1, 0.15) is 28.3 Å². The fourth-order valence-corrected chi connectivity index (χ4v) is 2.32. The van der Waals surface area contributed by atoms with Gasteiger partial charge in [0.1, 0.15) is 0 Å². The van der Waals surface area contributed by atoms with Crippen LogP contribution in [-0.4, -0.2) is 16.8 Å². The molecule has 0 saturated heterocycles. The first-order valence-electron chi connectivity index (χ1n) is 6.32. The van der Waals surface area contributed by atoms with E-state index in [0.717, 1.165) is 6.42 Å². The van der Waals surface area contributed by atoms with Crippen LogP contribution in [-0.2, 0) is 13.5 Å². The number of aromatic nitrogens is 2. The van der Waals surface area contributed by atoms with Gasteiger partial charge in [0.15, 0.2) is 0 Å². The molecule has 0 radical (unpaired) electrons. The number of rotatable bonds is 4. The van der Waals surface area contributed by atoms with Crippen LogP contribution >= 0.6 is 0 Å². The number of benzene rings is 1. The van der Waals surface area contributed by atoms with Gasteiger partial charge in [-0.3, -0.25) is 4.68 Å². The van der Waals surface area contributed by atoms with E-state index in [1.54, 1.807) is 0 Å².